The van der Waals surface area contributed by atoms with Crippen molar-refractivity contribution in [1.82, 2.24) is 30.4 Å². The molecule has 2 fully saturated rings. The molecule has 12 nitrogen and oxygen atoms in total. The van der Waals surface area contributed by atoms with E-state index in [2.05, 4.69) is 62.2 Å². The number of aromatic nitrogens is 2. The Hall–Kier alpha value is -5.16. The molecule has 2 aromatic carbocycles. The number of carbonyl (C=O) groups excluding carboxylic acids is 4. The van der Waals surface area contributed by atoms with Crippen molar-refractivity contribution in [2.45, 2.75) is 33.4 Å². The van der Waals surface area contributed by atoms with Crippen molar-refractivity contribution in [1.29, 1.82) is 0 Å². The summed E-state index contributed by atoms with van der Waals surface area (Å²) in [5, 5.41) is 5.78. The van der Waals surface area contributed by atoms with Crippen LogP contribution in [0.4, 0.5) is 24.8 Å². The molecule has 326 valence electrons. The molecule has 2 aliphatic rings. The lowest BCUT2D eigenvalue weighted by molar-refractivity contribution is -0.137. The Bertz CT molecular complexity index is 2080. The molecule has 0 saturated carbocycles. The fourth-order valence-electron chi connectivity index (χ4n) is 6.57. The van der Waals surface area contributed by atoms with Gasteiger partial charge in [-0.25, -0.2) is 9.97 Å². The quantitative estimate of drug-likeness (QED) is 0.135. The number of halogens is 4. The summed E-state index contributed by atoms with van der Waals surface area (Å²) in [6, 6.07) is 19.2. The summed E-state index contributed by atoms with van der Waals surface area (Å²) in [6.07, 6.45) is -0.381. The molecule has 4 aromatic rings. The van der Waals surface area contributed by atoms with Gasteiger partial charge in [0.1, 0.15) is 11.6 Å². The molecule has 0 atom stereocenters. The van der Waals surface area contributed by atoms with Crippen LogP contribution in [0.3, 0.4) is 0 Å². The van der Waals surface area contributed by atoms with Crippen LogP contribution in [0.5, 0.6) is 0 Å². The van der Waals surface area contributed by atoms with E-state index >= 15 is 0 Å². The third-order valence-corrected chi connectivity index (χ3v) is 11.7. The van der Waals surface area contributed by atoms with Gasteiger partial charge in [0.2, 0.25) is 0 Å². The molecule has 0 bridgehead atoms. The first-order valence-electron chi connectivity index (χ1n) is 20.3. The Morgan fingerprint density at radius 2 is 1.25 bits per heavy atom. The lowest BCUT2D eigenvalue weighted by Crippen LogP contribution is -2.49. The topological polar surface area (TPSA) is 131 Å². The number of hydrogen-bond acceptors (Lipinski definition) is 9. The summed E-state index contributed by atoms with van der Waals surface area (Å²) in [7, 11) is 0. The van der Waals surface area contributed by atoms with E-state index in [1.54, 1.807) is 35.0 Å². The van der Waals surface area contributed by atoms with Gasteiger partial charge in [0.15, 0.2) is 0 Å². The first-order valence-corrected chi connectivity index (χ1v) is 22.3. The first kappa shape index (κ1) is 46.9. The second-order valence-electron chi connectivity index (χ2n) is 14.8. The Kier molecular flexibility index (Phi) is 17.4. The molecule has 6 rings (SSSR count). The number of pyridine rings is 2. The minimum atomic E-state index is -4.49. The van der Waals surface area contributed by atoms with Crippen molar-refractivity contribution in [3.63, 3.8) is 0 Å². The normalized spacial score (nSPS) is 14.3. The van der Waals surface area contributed by atoms with E-state index in [9.17, 15) is 32.3 Å². The van der Waals surface area contributed by atoms with Crippen LogP contribution < -0.4 is 20.4 Å². The van der Waals surface area contributed by atoms with Crippen molar-refractivity contribution < 1.29 is 32.3 Å². The highest BCUT2D eigenvalue weighted by Crippen LogP contribution is 2.30. The number of rotatable bonds is 13. The summed E-state index contributed by atoms with van der Waals surface area (Å²) >= 11 is 5.21. The van der Waals surface area contributed by atoms with Gasteiger partial charge in [-0.2, -0.15) is 24.9 Å². The third kappa shape index (κ3) is 13.7. The highest BCUT2D eigenvalue weighted by Gasteiger charge is 2.32. The number of thioether (sulfide) groups is 1. The van der Waals surface area contributed by atoms with E-state index in [4.69, 9.17) is 0 Å². The molecule has 61 heavy (non-hydrogen) atoms. The molecule has 0 aliphatic carbocycles. The lowest BCUT2D eigenvalue weighted by atomic mass is 10.1. The van der Waals surface area contributed by atoms with Gasteiger partial charge < -0.3 is 30.2 Å². The summed E-state index contributed by atoms with van der Waals surface area (Å²) < 4.78 is 39.6. The van der Waals surface area contributed by atoms with Gasteiger partial charge in [-0.05, 0) is 88.6 Å². The number of nitrogens with zero attached hydrogens (tertiary/aromatic N) is 6. The minimum absolute atomic E-state index is 0.0269. The van der Waals surface area contributed by atoms with Crippen LogP contribution in [-0.4, -0.2) is 120 Å². The zero-order chi connectivity index (χ0) is 43.9. The van der Waals surface area contributed by atoms with Gasteiger partial charge in [-0.15, -0.1) is 0 Å². The molecule has 2 aliphatic heterocycles. The third-order valence-electron chi connectivity index (χ3n) is 10.1. The Balaban J connectivity index is 0.000000232. The smallest absolute Gasteiger partial charge is 0.353 e. The molecule has 0 radical (unpaired) electrons. The molecule has 17 heteroatoms. The van der Waals surface area contributed by atoms with E-state index in [0.29, 0.717) is 93.9 Å². The minimum Gasteiger partial charge on any atom is -0.353 e. The second kappa shape index (κ2) is 22.6. The number of hydrogen-bond donors (Lipinski definition) is 2. The number of amides is 4. The van der Waals surface area contributed by atoms with Crippen LogP contribution in [0.2, 0.25) is 0 Å². The fraction of sp³-hybridized carbons (Fsp3) is 0.409. The predicted molar refractivity (Wildman–Crippen MR) is 237 cm³/mol. The van der Waals surface area contributed by atoms with Gasteiger partial charge >= 0.3 is 6.18 Å². The van der Waals surface area contributed by atoms with Gasteiger partial charge in [0.25, 0.3) is 23.6 Å². The van der Waals surface area contributed by atoms with Gasteiger partial charge in [-0.3, -0.25) is 19.2 Å². The summed E-state index contributed by atoms with van der Waals surface area (Å²) in [5.41, 5.74) is 0.930. The van der Waals surface area contributed by atoms with Gasteiger partial charge in [-0.1, -0.05) is 39.0 Å². The summed E-state index contributed by atoms with van der Waals surface area (Å²) in [5.74, 6) is 3.30. The maximum Gasteiger partial charge on any atom is 0.416 e. The fourth-order valence-corrected chi connectivity index (χ4v) is 7.56. The Morgan fingerprint density at radius 3 is 1.74 bits per heavy atom. The van der Waals surface area contributed by atoms with E-state index in [-0.39, 0.29) is 23.3 Å². The maximum absolute atomic E-state index is 12.9. The van der Waals surface area contributed by atoms with Crippen LogP contribution in [-0.2, 0) is 6.18 Å². The number of anilines is 2. The average molecular weight is 926 g/mol. The second-order valence-corrected chi connectivity index (χ2v) is 17.1. The van der Waals surface area contributed by atoms with E-state index < -0.39 is 17.6 Å². The molecule has 2 saturated heterocycles. The summed E-state index contributed by atoms with van der Waals surface area (Å²) in [4.78, 5) is 66.1. The van der Waals surface area contributed by atoms with E-state index in [1.807, 2.05) is 46.2 Å². The summed E-state index contributed by atoms with van der Waals surface area (Å²) in [6.45, 7) is 12.0. The molecular formula is C44H52BrF3N8O4S. The van der Waals surface area contributed by atoms with Crippen molar-refractivity contribution in [3.05, 3.63) is 117 Å². The number of alkyl halides is 3. The SMILES string of the molecule is CC(C)CCNC(=O)c1ccc(N2CCN(C(=O)c3ccccc3Br)CC2)nc1.CCSCCNC(=O)c1ccc(N2CCN(C(=O)c3cccc(C(F)(F)F)c3)CC2)nc1. The van der Waals surface area contributed by atoms with Crippen LogP contribution in [0.1, 0.15) is 74.2 Å². The standard InChI is InChI=1S/C22H27BrN4O2.C22H25F3N4O2S/c1-16(2)9-10-24-21(28)17-7-8-20(25-15-17)26-11-13-27(14-12-26)22(29)18-5-3-4-6-19(18)23;1-2-32-13-8-26-20(30)17-6-7-19(27-15-17)28-9-11-29(12-10-28)21(31)16-4-3-5-18(14-16)22(23,24)25/h3-8,15-16H,9-14H2,1-2H3,(H,24,28);3-7,14-15H,2,8-13H2,1H3,(H,26,30). The van der Waals surface area contributed by atoms with Crippen LogP contribution in [0, 0.1) is 5.92 Å². The van der Waals surface area contributed by atoms with Crippen molar-refractivity contribution in [3.8, 4) is 0 Å². The van der Waals surface area contributed by atoms with Gasteiger partial charge in [0, 0.05) is 93.6 Å². The van der Waals surface area contributed by atoms with Gasteiger partial charge in [0.05, 0.1) is 22.3 Å². The number of benzene rings is 2. The number of piperazine rings is 2. The van der Waals surface area contributed by atoms with Crippen LogP contribution >= 0.6 is 27.7 Å². The Morgan fingerprint density at radius 1 is 0.705 bits per heavy atom. The molecule has 0 spiro atoms. The van der Waals surface area contributed by atoms with E-state index in [0.717, 1.165) is 40.3 Å². The predicted octanol–water partition coefficient (Wildman–Crippen LogP) is 7.13. The zero-order valence-electron chi connectivity index (χ0n) is 34.6. The molecule has 2 N–H and O–H groups in total. The largest absolute Gasteiger partial charge is 0.416 e. The van der Waals surface area contributed by atoms with Crippen LogP contribution in [0.25, 0.3) is 0 Å². The van der Waals surface area contributed by atoms with Crippen molar-refractivity contribution in [2.75, 3.05) is 86.8 Å². The maximum atomic E-state index is 12.9. The molecule has 4 heterocycles. The molecule has 2 aromatic heterocycles. The van der Waals surface area contributed by atoms with Crippen LogP contribution in [0.15, 0.2) is 89.7 Å². The number of carbonyl (C=O) groups is 4. The zero-order valence-corrected chi connectivity index (χ0v) is 37.0. The van der Waals surface area contributed by atoms with E-state index in [1.165, 1.54) is 18.3 Å². The molecular weight excluding hydrogens is 874 g/mol. The molecule has 4 amide bonds. The Labute approximate surface area is 367 Å². The highest BCUT2D eigenvalue weighted by atomic mass is 79.9. The average Bonchev–Trinajstić information content (AvgIpc) is 3.27. The molecule has 0 unspecified atom stereocenters. The highest BCUT2D eigenvalue weighted by molar-refractivity contribution is 9.10. The number of nitrogens with one attached hydrogen (secondary N) is 2. The lowest BCUT2D eigenvalue weighted by Gasteiger charge is -2.35. The van der Waals surface area contributed by atoms with Crippen molar-refractivity contribution in [2.24, 2.45) is 5.92 Å². The monoisotopic (exact) mass is 924 g/mol. The first-order chi connectivity index (χ1) is 29.2. The van der Waals surface area contributed by atoms with Crippen molar-refractivity contribution >= 4 is 63.0 Å².